The first-order chi connectivity index (χ1) is 12.2. The maximum atomic E-state index is 12.4. The molecule has 0 fully saturated rings. The zero-order valence-electron chi connectivity index (χ0n) is 16.1. The zero-order valence-corrected chi connectivity index (χ0v) is 16.9. The van der Waals surface area contributed by atoms with Crippen molar-refractivity contribution in [3.05, 3.63) is 45.7 Å². The van der Waals surface area contributed by atoms with Crippen molar-refractivity contribution in [2.45, 2.75) is 41.0 Å². The highest BCUT2D eigenvalue weighted by Gasteiger charge is 2.18. The molecule has 0 aliphatic heterocycles. The molecule has 26 heavy (non-hydrogen) atoms. The molecule has 1 aromatic carbocycles. The largest absolute Gasteiger partial charge is 0.396 e. The number of halogens is 1. The number of aromatic nitrogens is 2. The number of nitrogens with one attached hydrogen (secondary N) is 1. The van der Waals surface area contributed by atoms with Crippen LogP contribution in [0.1, 0.15) is 36.4 Å². The van der Waals surface area contributed by atoms with E-state index in [0.29, 0.717) is 17.5 Å². The predicted molar refractivity (Wildman–Crippen MR) is 105 cm³/mol. The molecular formula is C20H28ClN3O2. The van der Waals surface area contributed by atoms with Crippen molar-refractivity contribution in [2.24, 2.45) is 11.8 Å². The number of nitrogens with zero attached hydrogens (tertiary/aromatic N) is 2. The van der Waals surface area contributed by atoms with Crippen LogP contribution in [0.15, 0.2) is 18.2 Å². The maximum absolute atomic E-state index is 12.4. The third kappa shape index (κ3) is 4.65. The summed E-state index contributed by atoms with van der Waals surface area (Å²) >= 11 is 6.23. The summed E-state index contributed by atoms with van der Waals surface area (Å²) in [6.45, 7) is 10.5. The summed E-state index contributed by atoms with van der Waals surface area (Å²) in [5.74, 6) is 0.327. The van der Waals surface area contributed by atoms with Crippen molar-refractivity contribution >= 4 is 17.5 Å². The lowest BCUT2D eigenvalue weighted by Crippen LogP contribution is -2.34. The number of amides is 1. The Balaban J connectivity index is 2.14. The molecule has 142 valence electrons. The minimum atomic E-state index is -0.0585. The van der Waals surface area contributed by atoms with E-state index in [-0.39, 0.29) is 24.9 Å². The minimum absolute atomic E-state index is 0.0585. The van der Waals surface area contributed by atoms with Crippen molar-refractivity contribution in [1.82, 2.24) is 15.1 Å². The predicted octanol–water partition coefficient (Wildman–Crippen LogP) is 3.37. The van der Waals surface area contributed by atoms with Gasteiger partial charge in [-0.25, -0.2) is 4.68 Å². The van der Waals surface area contributed by atoms with Gasteiger partial charge in [0.2, 0.25) is 5.91 Å². The number of hydrogen-bond donors (Lipinski definition) is 2. The van der Waals surface area contributed by atoms with Crippen LogP contribution < -0.4 is 5.32 Å². The highest BCUT2D eigenvalue weighted by Crippen LogP contribution is 2.23. The Labute approximate surface area is 160 Å². The van der Waals surface area contributed by atoms with Gasteiger partial charge < -0.3 is 10.4 Å². The van der Waals surface area contributed by atoms with Crippen LogP contribution in [0, 0.1) is 32.6 Å². The molecule has 6 heteroatoms. The lowest BCUT2D eigenvalue weighted by Gasteiger charge is -2.18. The number of aliphatic hydroxyl groups is 1. The van der Waals surface area contributed by atoms with E-state index < -0.39 is 0 Å². The third-order valence-electron chi connectivity index (χ3n) is 4.92. The second kappa shape index (κ2) is 8.69. The molecule has 0 aliphatic rings. The van der Waals surface area contributed by atoms with Gasteiger partial charge >= 0.3 is 0 Å². The molecule has 1 amide bonds. The number of carbonyl (C=O) groups excluding carboxylic acids is 1. The van der Waals surface area contributed by atoms with Crippen molar-refractivity contribution in [1.29, 1.82) is 0 Å². The average molecular weight is 378 g/mol. The van der Waals surface area contributed by atoms with Crippen LogP contribution in [0.3, 0.4) is 0 Å². The summed E-state index contributed by atoms with van der Waals surface area (Å²) in [6.07, 6.45) is 0.271. The Kier molecular flexibility index (Phi) is 6.84. The van der Waals surface area contributed by atoms with E-state index in [1.807, 2.05) is 57.5 Å². The quantitative estimate of drug-likeness (QED) is 0.777. The second-order valence-corrected chi connectivity index (χ2v) is 7.57. The van der Waals surface area contributed by atoms with Gasteiger partial charge in [0.25, 0.3) is 0 Å². The summed E-state index contributed by atoms with van der Waals surface area (Å²) in [7, 11) is 0. The maximum Gasteiger partial charge on any atom is 0.224 e. The van der Waals surface area contributed by atoms with Gasteiger partial charge in [-0.3, -0.25) is 4.79 Å². The smallest absolute Gasteiger partial charge is 0.224 e. The molecule has 2 aromatic rings. The Morgan fingerprint density at radius 1 is 1.31 bits per heavy atom. The molecule has 2 N–H and O–H groups in total. The molecule has 0 saturated carbocycles. The Morgan fingerprint density at radius 2 is 2.00 bits per heavy atom. The highest BCUT2D eigenvalue weighted by atomic mass is 35.5. The molecule has 1 atom stereocenters. The molecule has 1 heterocycles. The summed E-state index contributed by atoms with van der Waals surface area (Å²) < 4.78 is 1.83. The molecule has 0 unspecified atom stereocenters. The molecule has 5 nitrogen and oxygen atoms in total. The van der Waals surface area contributed by atoms with Crippen molar-refractivity contribution in [3.8, 4) is 5.69 Å². The highest BCUT2D eigenvalue weighted by molar-refractivity contribution is 6.31. The van der Waals surface area contributed by atoms with E-state index in [4.69, 9.17) is 11.6 Å². The van der Waals surface area contributed by atoms with Gasteiger partial charge in [0.1, 0.15) is 0 Å². The van der Waals surface area contributed by atoms with Crippen LogP contribution in [0.25, 0.3) is 5.69 Å². The number of aryl methyl sites for hydroxylation is 2. The standard InChI is InChI=1S/C20H28ClN3O2/c1-12(2)16(11-25)10-22-20(26)9-18-14(4)23-24(15(18)5)17-7-6-13(3)19(21)8-17/h6-8,12,16,25H,9-11H2,1-5H3,(H,22,26)/t16-/m0/s1. The fraction of sp³-hybridized carbons (Fsp3) is 0.500. The zero-order chi connectivity index (χ0) is 19.4. The van der Waals surface area contributed by atoms with Gasteiger partial charge in [0, 0.05) is 35.3 Å². The Hall–Kier alpha value is -1.85. The SMILES string of the molecule is Cc1ccc(-n2nc(C)c(CC(=O)NC[C@@H](CO)C(C)C)c2C)cc1Cl. The first-order valence-corrected chi connectivity index (χ1v) is 9.31. The average Bonchev–Trinajstić information content (AvgIpc) is 2.86. The molecule has 0 aliphatic carbocycles. The first kappa shape index (κ1) is 20.5. The third-order valence-corrected chi connectivity index (χ3v) is 5.32. The van der Waals surface area contributed by atoms with Crippen LogP contribution >= 0.6 is 11.6 Å². The molecular weight excluding hydrogens is 350 g/mol. The van der Waals surface area contributed by atoms with E-state index in [9.17, 15) is 9.90 Å². The number of aliphatic hydroxyl groups excluding tert-OH is 1. The molecule has 2 rings (SSSR count). The van der Waals surface area contributed by atoms with Crippen LogP contribution in [-0.4, -0.2) is 33.9 Å². The lowest BCUT2D eigenvalue weighted by atomic mass is 9.97. The van der Waals surface area contributed by atoms with Crippen LogP contribution in [0.4, 0.5) is 0 Å². The van der Waals surface area contributed by atoms with E-state index in [2.05, 4.69) is 10.4 Å². The van der Waals surface area contributed by atoms with Crippen LogP contribution in [0.5, 0.6) is 0 Å². The Morgan fingerprint density at radius 3 is 2.58 bits per heavy atom. The van der Waals surface area contributed by atoms with Crippen molar-refractivity contribution < 1.29 is 9.90 Å². The van der Waals surface area contributed by atoms with Crippen LogP contribution in [-0.2, 0) is 11.2 Å². The molecule has 0 bridgehead atoms. The van der Waals surface area contributed by atoms with Crippen molar-refractivity contribution in [2.75, 3.05) is 13.2 Å². The van der Waals surface area contributed by atoms with Gasteiger partial charge in [0.05, 0.1) is 17.8 Å². The fourth-order valence-electron chi connectivity index (χ4n) is 2.87. The van der Waals surface area contributed by atoms with Gasteiger partial charge in [-0.05, 0) is 44.4 Å². The summed E-state index contributed by atoms with van der Waals surface area (Å²) in [5, 5.41) is 17.6. The van der Waals surface area contributed by atoms with Crippen LogP contribution in [0.2, 0.25) is 5.02 Å². The molecule has 1 aromatic heterocycles. The topological polar surface area (TPSA) is 67.2 Å². The number of carbonyl (C=O) groups is 1. The second-order valence-electron chi connectivity index (χ2n) is 7.16. The van der Waals surface area contributed by atoms with Gasteiger partial charge in [0.15, 0.2) is 0 Å². The summed E-state index contributed by atoms with van der Waals surface area (Å²) in [5.41, 5.74) is 4.58. The van der Waals surface area contributed by atoms with Gasteiger partial charge in [-0.15, -0.1) is 0 Å². The number of rotatable bonds is 7. The lowest BCUT2D eigenvalue weighted by molar-refractivity contribution is -0.120. The monoisotopic (exact) mass is 377 g/mol. The number of benzene rings is 1. The Bertz CT molecular complexity index is 784. The molecule has 0 saturated heterocycles. The van der Waals surface area contributed by atoms with E-state index in [1.165, 1.54) is 0 Å². The van der Waals surface area contributed by atoms with E-state index in [1.54, 1.807) is 0 Å². The van der Waals surface area contributed by atoms with E-state index >= 15 is 0 Å². The molecule has 0 spiro atoms. The van der Waals surface area contributed by atoms with Crippen molar-refractivity contribution in [3.63, 3.8) is 0 Å². The fourth-order valence-corrected chi connectivity index (χ4v) is 3.05. The normalized spacial score (nSPS) is 12.5. The first-order valence-electron chi connectivity index (χ1n) is 8.93. The summed E-state index contributed by atoms with van der Waals surface area (Å²) in [6, 6.07) is 5.81. The number of hydrogen-bond acceptors (Lipinski definition) is 3. The van der Waals surface area contributed by atoms with Gasteiger partial charge in [-0.2, -0.15) is 5.10 Å². The summed E-state index contributed by atoms with van der Waals surface area (Å²) in [4.78, 5) is 12.4. The van der Waals surface area contributed by atoms with E-state index in [0.717, 1.165) is 28.2 Å². The molecule has 0 radical (unpaired) electrons. The minimum Gasteiger partial charge on any atom is -0.396 e. The van der Waals surface area contributed by atoms with Gasteiger partial charge in [-0.1, -0.05) is 31.5 Å².